The topological polar surface area (TPSA) is 75.6 Å². The Morgan fingerprint density at radius 2 is 1.95 bits per heavy atom. The summed E-state index contributed by atoms with van der Waals surface area (Å²) in [5.41, 5.74) is 1.01. The first kappa shape index (κ1) is 15.8. The molecule has 0 aliphatic heterocycles. The second-order valence-electron chi connectivity index (χ2n) is 4.23. The van der Waals surface area contributed by atoms with Crippen molar-refractivity contribution in [2.45, 2.75) is 11.5 Å². The van der Waals surface area contributed by atoms with Gasteiger partial charge in [0.1, 0.15) is 10.6 Å². The number of hydrogen-bond donors (Lipinski definition) is 2. The number of methoxy groups -OCH3 is 1. The van der Waals surface area contributed by atoms with E-state index >= 15 is 0 Å². The molecule has 0 aliphatic carbocycles. The fraction of sp³-hybridized carbons (Fsp3) is 0.143. The molecule has 0 saturated heterocycles. The predicted molar refractivity (Wildman–Crippen MR) is 83.9 cm³/mol. The van der Waals surface area contributed by atoms with E-state index in [9.17, 15) is 8.42 Å². The molecule has 0 fully saturated rings. The third-order valence-corrected chi connectivity index (χ3v) is 4.91. The highest BCUT2D eigenvalue weighted by atomic mass is 79.9. The summed E-state index contributed by atoms with van der Waals surface area (Å²) >= 11 is 3.29. The lowest BCUT2D eigenvalue weighted by Gasteiger charge is -2.13. The molecule has 0 saturated carbocycles. The maximum atomic E-state index is 12.5. The van der Waals surface area contributed by atoms with Crippen molar-refractivity contribution >= 4 is 31.6 Å². The molecule has 2 aromatic carbocycles. The summed E-state index contributed by atoms with van der Waals surface area (Å²) in [6.07, 6.45) is 0. The van der Waals surface area contributed by atoms with E-state index in [1.807, 2.05) is 0 Å². The predicted octanol–water partition coefficient (Wildman–Crippen LogP) is 2.75. The Kier molecular flexibility index (Phi) is 4.87. The van der Waals surface area contributed by atoms with Crippen molar-refractivity contribution in [3.8, 4) is 5.75 Å². The van der Waals surface area contributed by atoms with Crippen LogP contribution in [0.4, 0.5) is 5.69 Å². The van der Waals surface area contributed by atoms with Crippen LogP contribution >= 0.6 is 15.9 Å². The van der Waals surface area contributed by atoms with Gasteiger partial charge in [-0.15, -0.1) is 0 Å². The quantitative estimate of drug-likeness (QED) is 0.846. The SMILES string of the molecule is COc1cc(CO)ccc1S(=O)(=O)Nc1ccccc1Br. The van der Waals surface area contributed by atoms with Gasteiger partial charge in [-0.3, -0.25) is 4.72 Å². The Labute approximate surface area is 131 Å². The van der Waals surface area contributed by atoms with Gasteiger partial charge < -0.3 is 9.84 Å². The number of halogens is 1. The zero-order valence-electron chi connectivity index (χ0n) is 11.2. The molecule has 0 heterocycles. The summed E-state index contributed by atoms with van der Waals surface area (Å²) in [6, 6.07) is 11.3. The zero-order chi connectivity index (χ0) is 15.5. The van der Waals surface area contributed by atoms with Gasteiger partial charge in [0.15, 0.2) is 0 Å². The summed E-state index contributed by atoms with van der Waals surface area (Å²) in [6.45, 7) is -0.186. The van der Waals surface area contributed by atoms with Crippen LogP contribution in [0.5, 0.6) is 5.75 Å². The van der Waals surface area contributed by atoms with E-state index in [1.165, 1.54) is 25.3 Å². The maximum Gasteiger partial charge on any atom is 0.265 e. The highest BCUT2D eigenvalue weighted by Gasteiger charge is 2.20. The minimum atomic E-state index is -3.79. The maximum absolute atomic E-state index is 12.5. The molecule has 5 nitrogen and oxygen atoms in total. The largest absolute Gasteiger partial charge is 0.495 e. The molecule has 0 radical (unpaired) electrons. The van der Waals surface area contributed by atoms with Crippen LogP contribution < -0.4 is 9.46 Å². The van der Waals surface area contributed by atoms with Gasteiger partial charge in [-0.25, -0.2) is 8.42 Å². The standard InChI is InChI=1S/C14H14BrNO4S/c1-20-13-8-10(9-17)6-7-14(13)21(18,19)16-12-5-3-2-4-11(12)15/h2-8,16-17H,9H2,1H3. The van der Waals surface area contributed by atoms with E-state index in [4.69, 9.17) is 9.84 Å². The minimum absolute atomic E-state index is 0.0120. The van der Waals surface area contributed by atoms with Crippen molar-refractivity contribution in [1.29, 1.82) is 0 Å². The fourth-order valence-corrected chi connectivity index (χ4v) is 3.52. The number of aliphatic hydroxyl groups is 1. The summed E-state index contributed by atoms with van der Waals surface area (Å²) < 4.78 is 33.2. The summed E-state index contributed by atoms with van der Waals surface area (Å²) in [7, 11) is -2.41. The lowest BCUT2D eigenvalue weighted by atomic mass is 10.2. The van der Waals surface area contributed by atoms with Crippen LogP contribution in [0.1, 0.15) is 5.56 Å². The number of anilines is 1. The third-order valence-electron chi connectivity index (χ3n) is 2.82. The van der Waals surface area contributed by atoms with Crippen molar-refractivity contribution in [1.82, 2.24) is 0 Å². The van der Waals surface area contributed by atoms with Gasteiger partial charge in [0.2, 0.25) is 0 Å². The minimum Gasteiger partial charge on any atom is -0.495 e. The molecule has 2 rings (SSSR count). The van der Waals surface area contributed by atoms with Crippen molar-refractivity contribution in [2.75, 3.05) is 11.8 Å². The van der Waals surface area contributed by atoms with Crippen LogP contribution in [0, 0.1) is 0 Å². The average Bonchev–Trinajstić information content (AvgIpc) is 2.48. The number of hydrogen-bond acceptors (Lipinski definition) is 4. The zero-order valence-corrected chi connectivity index (χ0v) is 13.6. The fourth-order valence-electron chi connectivity index (χ4n) is 1.78. The third kappa shape index (κ3) is 3.55. The molecule has 2 aromatic rings. The van der Waals surface area contributed by atoms with Crippen LogP contribution in [0.2, 0.25) is 0 Å². The summed E-state index contributed by atoms with van der Waals surface area (Å²) in [4.78, 5) is 0.0120. The number of sulfonamides is 1. The van der Waals surface area contributed by atoms with Gasteiger partial charge in [0, 0.05) is 4.47 Å². The Morgan fingerprint density at radius 1 is 1.24 bits per heavy atom. The molecule has 2 N–H and O–H groups in total. The first-order valence-electron chi connectivity index (χ1n) is 6.03. The van der Waals surface area contributed by atoms with E-state index in [2.05, 4.69) is 20.7 Å². The molecule has 7 heteroatoms. The van der Waals surface area contributed by atoms with Crippen LogP contribution in [-0.2, 0) is 16.6 Å². The number of nitrogens with one attached hydrogen (secondary N) is 1. The Morgan fingerprint density at radius 3 is 2.57 bits per heavy atom. The number of rotatable bonds is 5. The number of para-hydroxylation sites is 1. The van der Waals surface area contributed by atoms with Crippen LogP contribution in [0.15, 0.2) is 51.8 Å². The van der Waals surface area contributed by atoms with Gasteiger partial charge in [0.25, 0.3) is 10.0 Å². The molecule has 0 spiro atoms. The van der Waals surface area contributed by atoms with Gasteiger partial charge in [-0.1, -0.05) is 18.2 Å². The molecule has 0 bridgehead atoms. The van der Waals surface area contributed by atoms with Crippen LogP contribution in [0.3, 0.4) is 0 Å². The molecular formula is C14H14BrNO4S. The molecule has 0 aliphatic rings. The van der Waals surface area contributed by atoms with Gasteiger partial charge in [0.05, 0.1) is 19.4 Å². The van der Waals surface area contributed by atoms with E-state index in [1.54, 1.807) is 24.3 Å². The van der Waals surface area contributed by atoms with Crippen molar-refractivity contribution in [3.05, 3.63) is 52.5 Å². The molecular weight excluding hydrogens is 358 g/mol. The van der Waals surface area contributed by atoms with Gasteiger partial charge >= 0.3 is 0 Å². The lowest BCUT2D eigenvalue weighted by Crippen LogP contribution is -2.14. The van der Waals surface area contributed by atoms with Gasteiger partial charge in [-0.05, 0) is 45.8 Å². The monoisotopic (exact) mass is 371 g/mol. The number of benzene rings is 2. The van der Waals surface area contributed by atoms with E-state index < -0.39 is 10.0 Å². The Hall–Kier alpha value is -1.57. The van der Waals surface area contributed by atoms with Gasteiger partial charge in [-0.2, -0.15) is 0 Å². The van der Waals surface area contributed by atoms with Crippen molar-refractivity contribution in [3.63, 3.8) is 0 Å². The van der Waals surface area contributed by atoms with E-state index in [-0.39, 0.29) is 17.3 Å². The van der Waals surface area contributed by atoms with Crippen LogP contribution in [-0.4, -0.2) is 20.6 Å². The molecule has 0 atom stereocenters. The normalized spacial score (nSPS) is 11.2. The number of aliphatic hydroxyl groups excluding tert-OH is 1. The first-order valence-corrected chi connectivity index (χ1v) is 8.30. The molecule has 21 heavy (non-hydrogen) atoms. The molecule has 0 unspecified atom stereocenters. The van der Waals surface area contributed by atoms with Crippen LogP contribution in [0.25, 0.3) is 0 Å². The highest BCUT2D eigenvalue weighted by Crippen LogP contribution is 2.29. The number of ether oxygens (including phenoxy) is 1. The molecule has 0 amide bonds. The highest BCUT2D eigenvalue weighted by molar-refractivity contribution is 9.10. The Balaban J connectivity index is 2.42. The van der Waals surface area contributed by atoms with Crippen molar-refractivity contribution in [2.24, 2.45) is 0 Å². The molecule has 112 valence electrons. The summed E-state index contributed by atoms with van der Waals surface area (Å²) in [5, 5.41) is 9.10. The summed E-state index contributed by atoms with van der Waals surface area (Å²) in [5.74, 6) is 0.182. The smallest absolute Gasteiger partial charge is 0.265 e. The Bertz CT molecular complexity index is 746. The van der Waals surface area contributed by atoms with Crippen molar-refractivity contribution < 1.29 is 18.3 Å². The second kappa shape index (κ2) is 6.46. The first-order chi connectivity index (χ1) is 9.97. The van der Waals surface area contributed by atoms with E-state index in [0.717, 1.165) is 0 Å². The average molecular weight is 372 g/mol. The lowest BCUT2D eigenvalue weighted by molar-refractivity contribution is 0.280. The molecule has 0 aromatic heterocycles. The van der Waals surface area contributed by atoms with E-state index in [0.29, 0.717) is 15.7 Å². The second-order valence-corrected chi connectivity index (χ2v) is 6.73.